The smallest absolute Gasteiger partial charge is 0.0928 e. The maximum Gasteiger partial charge on any atom is 0.0928 e. The van der Waals surface area contributed by atoms with E-state index >= 15 is 0 Å². The standard InChI is InChI=1S/C12H23NO2/c1-10(2)7-15-6-5-13-8-12(14,9-13)11-3-4-11/h10-11,14H,3-9H2,1-2H3. The molecule has 0 aromatic heterocycles. The summed E-state index contributed by atoms with van der Waals surface area (Å²) in [5.41, 5.74) is -0.335. The van der Waals surface area contributed by atoms with Gasteiger partial charge in [0, 0.05) is 26.2 Å². The molecule has 1 N–H and O–H groups in total. The van der Waals surface area contributed by atoms with Gasteiger partial charge in [0.1, 0.15) is 0 Å². The molecule has 0 radical (unpaired) electrons. The zero-order chi connectivity index (χ0) is 10.9. The zero-order valence-corrected chi connectivity index (χ0v) is 9.91. The Kier molecular flexibility index (Phi) is 3.33. The topological polar surface area (TPSA) is 32.7 Å². The number of β-amino-alcohol motifs (C(OH)–C–C–N with tert-alkyl or cyclic N) is 1. The van der Waals surface area contributed by atoms with Crippen molar-refractivity contribution in [1.29, 1.82) is 0 Å². The van der Waals surface area contributed by atoms with Gasteiger partial charge in [0.2, 0.25) is 0 Å². The molecular formula is C12H23NO2. The van der Waals surface area contributed by atoms with E-state index in [1.807, 2.05) is 0 Å². The molecule has 0 spiro atoms. The summed E-state index contributed by atoms with van der Waals surface area (Å²) >= 11 is 0. The fraction of sp³-hybridized carbons (Fsp3) is 1.00. The highest BCUT2D eigenvalue weighted by atomic mass is 16.5. The Morgan fingerprint density at radius 3 is 2.60 bits per heavy atom. The first-order valence-electron chi connectivity index (χ1n) is 6.12. The Hall–Kier alpha value is -0.120. The van der Waals surface area contributed by atoms with Crippen LogP contribution in [0.4, 0.5) is 0 Å². The SMILES string of the molecule is CC(C)COCCN1CC(O)(C2CC2)C1. The van der Waals surface area contributed by atoms with E-state index in [1.165, 1.54) is 12.8 Å². The molecule has 1 saturated carbocycles. The van der Waals surface area contributed by atoms with Crippen LogP contribution in [0.25, 0.3) is 0 Å². The van der Waals surface area contributed by atoms with Crippen molar-refractivity contribution in [3.05, 3.63) is 0 Å². The lowest BCUT2D eigenvalue weighted by molar-refractivity contribution is -0.118. The van der Waals surface area contributed by atoms with Crippen LogP contribution in [0.15, 0.2) is 0 Å². The highest BCUT2D eigenvalue weighted by molar-refractivity contribution is 5.05. The van der Waals surface area contributed by atoms with E-state index in [9.17, 15) is 5.11 Å². The molecule has 0 aromatic carbocycles. The van der Waals surface area contributed by atoms with Crippen molar-refractivity contribution < 1.29 is 9.84 Å². The van der Waals surface area contributed by atoms with Crippen LogP contribution in [0.2, 0.25) is 0 Å². The quantitative estimate of drug-likeness (QED) is 0.671. The summed E-state index contributed by atoms with van der Waals surface area (Å²) in [6.07, 6.45) is 2.46. The van der Waals surface area contributed by atoms with Crippen LogP contribution in [-0.4, -0.2) is 48.5 Å². The van der Waals surface area contributed by atoms with Crippen LogP contribution in [0.5, 0.6) is 0 Å². The van der Waals surface area contributed by atoms with Gasteiger partial charge in [0.25, 0.3) is 0 Å². The van der Waals surface area contributed by atoms with Gasteiger partial charge in [-0.15, -0.1) is 0 Å². The van der Waals surface area contributed by atoms with E-state index in [0.29, 0.717) is 11.8 Å². The molecule has 15 heavy (non-hydrogen) atoms. The second-order valence-corrected chi connectivity index (χ2v) is 5.56. The highest BCUT2D eigenvalue weighted by Gasteiger charge is 2.51. The first kappa shape index (κ1) is 11.4. The van der Waals surface area contributed by atoms with Gasteiger partial charge in [0.15, 0.2) is 0 Å². The van der Waals surface area contributed by atoms with E-state index in [4.69, 9.17) is 4.74 Å². The molecule has 0 bridgehead atoms. The minimum atomic E-state index is -0.335. The molecule has 1 aliphatic carbocycles. The summed E-state index contributed by atoms with van der Waals surface area (Å²) < 4.78 is 5.52. The Labute approximate surface area is 92.4 Å². The van der Waals surface area contributed by atoms with Crippen LogP contribution in [0.3, 0.4) is 0 Å². The molecule has 3 nitrogen and oxygen atoms in total. The monoisotopic (exact) mass is 213 g/mol. The molecule has 88 valence electrons. The third kappa shape index (κ3) is 2.92. The van der Waals surface area contributed by atoms with Gasteiger partial charge in [-0.3, -0.25) is 4.90 Å². The number of likely N-dealkylation sites (tertiary alicyclic amines) is 1. The van der Waals surface area contributed by atoms with Gasteiger partial charge in [-0.2, -0.15) is 0 Å². The van der Waals surface area contributed by atoms with Crippen LogP contribution < -0.4 is 0 Å². The predicted molar refractivity (Wildman–Crippen MR) is 59.8 cm³/mol. The van der Waals surface area contributed by atoms with Crippen molar-refractivity contribution in [2.24, 2.45) is 11.8 Å². The van der Waals surface area contributed by atoms with E-state index in [2.05, 4.69) is 18.7 Å². The van der Waals surface area contributed by atoms with Crippen molar-refractivity contribution in [1.82, 2.24) is 4.90 Å². The lowest BCUT2D eigenvalue weighted by Crippen LogP contribution is -2.63. The van der Waals surface area contributed by atoms with Crippen molar-refractivity contribution in [3.8, 4) is 0 Å². The van der Waals surface area contributed by atoms with E-state index in [1.54, 1.807) is 0 Å². The Morgan fingerprint density at radius 1 is 1.40 bits per heavy atom. The third-order valence-corrected chi connectivity index (χ3v) is 3.34. The number of ether oxygens (including phenoxy) is 1. The molecule has 2 fully saturated rings. The number of hydrogen-bond acceptors (Lipinski definition) is 3. The van der Waals surface area contributed by atoms with Crippen LogP contribution in [-0.2, 0) is 4.74 Å². The minimum Gasteiger partial charge on any atom is -0.387 e. The van der Waals surface area contributed by atoms with E-state index < -0.39 is 0 Å². The average Bonchev–Trinajstić information content (AvgIpc) is 2.91. The van der Waals surface area contributed by atoms with E-state index in [-0.39, 0.29) is 5.60 Å². The summed E-state index contributed by atoms with van der Waals surface area (Å²) in [6, 6.07) is 0. The Bertz CT molecular complexity index is 208. The van der Waals surface area contributed by atoms with Crippen LogP contribution in [0, 0.1) is 11.8 Å². The van der Waals surface area contributed by atoms with Crippen LogP contribution in [0.1, 0.15) is 26.7 Å². The average molecular weight is 213 g/mol. The largest absolute Gasteiger partial charge is 0.387 e. The van der Waals surface area contributed by atoms with Crippen LogP contribution >= 0.6 is 0 Å². The van der Waals surface area contributed by atoms with Gasteiger partial charge in [-0.1, -0.05) is 13.8 Å². The normalized spacial score (nSPS) is 25.6. The van der Waals surface area contributed by atoms with Gasteiger partial charge in [0.05, 0.1) is 12.2 Å². The van der Waals surface area contributed by atoms with E-state index in [0.717, 1.165) is 32.8 Å². The lowest BCUT2D eigenvalue weighted by atomic mass is 9.89. The molecule has 1 saturated heterocycles. The molecule has 2 rings (SSSR count). The molecule has 0 atom stereocenters. The molecule has 1 aliphatic heterocycles. The fourth-order valence-electron chi connectivity index (χ4n) is 2.28. The van der Waals surface area contributed by atoms with Crippen molar-refractivity contribution in [2.75, 3.05) is 32.8 Å². The number of aliphatic hydroxyl groups is 1. The molecule has 3 heteroatoms. The molecule has 1 heterocycles. The molecule has 0 amide bonds. The van der Waals surface area contributed by atoms with Gasteiger partial charge in [-0.25, -0.2) is 0 Å². The molecule has 0 aromatic rings. The summed E-state index contributed by atoms with van der Waals surface area (Å²) in [5.74, 6) is 1.22. The predicted octanol–water partition coefficient (Wildman–Crippen LogP) is 1.12. The van der Waals surface area contributed by atoms with Gasteiger partial charge in [-0.05, 0) is 24.7 Å². The van der Waals surface area contributed by atoms with Crippen molar-refractivity contribution >= 4 is 0 Å². The zero-order valence-electron chi connectivity index (χ0n) is 9.91. The fourth-order valence-corrected chi connectivity index (χ4v) is 2.28. The lowest BCUT2D eigenvalue weighted by Gasteiger charge is -2.47. The highest BCUT2D eigenvalue weighted by Crippen LogP contribution is 2.44. The number of nitrogens with zero attached hydrogens (tertiary/aromatic N) is 1. The first-order chi connectivity index (χ1) is 7.10. The maximum atomic E-state index is 10.1. The maximum absolute atomic E-state index is 10.1. The molecule has 2 aliphatic rings. The first-order valence-corrected chi connectivity index (χ1v) is 6.12. The second kappa shape index (κ2) is 4.40. The second-order valence-electron chi connectivity index (χ2n) is 5.56. The molecule has 0 unspecified atom stereocenters. The summed E-state index contributed by atoms with van der Waals surface area (Å²) in [5, 5.41) is 10.1. The number of rotatable bonds is 6. The number of hydrogen-bond donors (Lipinski definition) is 1. The summed E-state index contributed by atoms with van der Waals surface area (Å²) in [7, 11) is 0. The Morgan fingerprint density at radius 2 is 2.07 bits per heavy atom. The van der Waals surface area contributed by atoms with Crippen molar-refractivity contribution in [3.63, 3.8) is 0 Å². The van der Waals surface area contributed by atoms with Crippen molar-refractivity contribution in [2.45, 2.75) is 32.3 Å². The van der Waals surface area contributed by atoms with Gasteiger partial charge < -0.3 is 9.84 Å². The minimum absolute atomic E-state index is 0.335. The third-order valence-electron chi connectivity index (χ3n) is 3.34. The summed E-state index contributed by atoms with van der Waals surface area (Å²) in [4.78, 5) is 2.29. The molecular weight excluding hydrogens is 190 g/mol. The van der Waals surface area contributed by atoms with Gasteiger partial charge >= 0.3 is 0 Å². The summed E-state index contributed by atoms with van der Waals surface area (Å²) in [6.45, 7) is 8.68. The Balaban J connectivity index is 1.52.